The van der Waals surface area contributed by atoms with Crippen LogP contribution in [0, 0.1) is 0 Å². The predicted molar refractivity (Wildman–Crippen MR) is 143 cm³/mol. The van der Waals surface area contributed by atoms with Crippen molar-refractivity contribution >= 4 is 11.8 Å². The third-order valence-electron chi connectivity index (χ3n) is 6.49. The van der Waals surface area contributed by atoms with Gasteiger partial charge in [-0.1, -0.05) is 54.6 Å². The van der Waals surface area contributed by atoms with E-state index < -0.39 is 12.2 Å². The lowest BCUT2D eigenvalue weighted by atomic mass is 9.99. The van der Waals surface area contributed by atoms with Crippen LogP contribution in [-0.2, 0) is 32.2 Å². The third-order valence-corrected chi connectivity index (χ3v) is 6.49. The van der Waals surface area contributed by atoms with Gasteiger partial charge in [0.15, 0.2) is 6.29 Å². The fourth-order valence-corrected chi connectivity index (χ4v) is 4.38. The Hall–Kier alpha value is -3.08. The summed E-state index contributed by atoms with van der Waals surface area (Å²) in [6.45, 7) is 5.73. The Morgan fingerprint density at radius 1 is 1.00 bits per heavy atom. The zero-order chi connectivity index (χ0) is 27.3. The summed E-state index contributed by atoms with van der Waals surface area (Å²) in [6, 6.07) is 15.6. The number of aliphatic hydroxyl groups is 1. The number of amides is 2. The second-order valence-electron chi connectivity index (χ2n) is 9.62. The lowest BCUT2D eigenvalue weighted by molar-refractivity contribution is -0.252. The Balaban J connectivity index is 1.59. The van der Waals surface area contributed by atoms with Gasteiger partial charge in [-0.15, -0.1) is 6.58 Å². The lowest BCUT2D eigenvalue weighted by Gasteiger charge is -2.37. The molecule has 0 aromatic heterocycles. The van der Waals surface area contributed by atoms with Gasteiger partial charge in [0.25, 0.3) is 0 Å². The van der Waals surface area contributed by atoms with E-state index in [2.05, 4.69) is 16.8 Å². The molecule has 0 aliphatic carbocycles. The number of benzene rings is 2. The number of rotatable bonds is 14. The minimum Gasteiger partial charge on any atom is -0.392 e. The highest BCUT2D eigenvalue weighted by Crippen LogP contribution is 2.38. The number of carbonyl (C=O) groups is 2. The van der Waals surface area contributed by atoms with Crippen LogP contribution in [0.3, 0.4) is 0 Å². The van der Waals surface area contributed by atoms with E-state index >= 15 is 0 Å². The van der Waals surface area contributed by atoms with Gasteiger partial charge >= 0.3 is 0 Å². The molecule has 3 atom stereocenters. The Labute approximate surface area is 224 Å². The fraction of sp³-hybridized carbons (Fsp3) is 0.448. The third kappa shape index (κ3) is 9.34. The summed E-state index contributed by atoms with van der Waals surface area (Å²) in [5.74, 6) is -0.531. The average molecular weight is 526 g/mol. The second kappa shape index (κ2) is 15.4. The molecule has 2 aromatic rings. The molecule has 1 saturated heterocycles. The largest absolute Gasteiger partial charge is 0.392 e. The van der Waals surface area contributed by atoms with Crippen LogP contribution >= 0.6 is 0 Å². The minimum atomic E-state index is -0.534. The first-order valence-corrected chi connectivity index (χ1v) is 13.0. The maximum Gasteiger partial charge on any atom is 0.243 e. The monoisotopic (exact) mass is 525 g/mol. The van der Waals surface area contributed by atoms with Crippen molar-refractivity contribution in [3.05, 3.63) is 83.4 Å². The van der Waals surface area contributed by atoms with Crippen LogP contribution in [-0.4, -0.2) is 53.3 Å². The van der Waals surface area contributed by atoms with Gasteiger partial charge in [-0.25, -0.2) is 5.48 Å². The first-order valence-electron chi connectivity index (χ1n) is 13.0. The Bertz CT molecular complexity index is 1030. The van der Waals surface area contributed by atoms with Crippen molar-refractivity contribution in [1.29, 1.82) is 0 Å². The van der Waals surface area contributed by atoms with Gasteiger partial charge in [0.2, 0.25) is 11.8 Å². The summed E-state index contributed by atoms with van der Waals surface area (Å²) >= 11 is 0. The molecule has 38 heavy (non-hydrogen) atoms. The Morgan fingerprint density at radius 2 is 1.63 bits per heavy atom. The highest BCUT2D eigenvalue weighted by Gasteiger charge is 2.32. The van der Waals surface area contributed by atoms with Crippen LogP contribution in [0.2, 0.25) is 0 Å². The summed E-state index contributed by atoms with van der Waals surface area (Å²) in [5, 5.41) is 20.8. The number of likely N-dealkylation sites (N-methyl/N-ethyl adjacent to an activating group) is 1. The van der Waals surface area contributed by atoms with Gasteiger partial charge in [0.1, 0.15) is 0 Å². The van der Waals surface area contributed by atoms with Crippen molar-refractivity contribution in [2.75, 3.05) is 20.1 Å². The number of ether oxygens (including phenoxy) is 2. The van der Waals surface area contributed by atoms with E-state index in [1.54, 1.807) is 5.48 Å². The number of aliphatic hydroxyl groups excluding tert-OH is 1. The molecule has 4 N–H and O–H groups in total. The van der Waals surface area contributed by atoms with Crippen molar-refractivity contribution in [3.63, 3.8) is 0 Å². The van der Waals surface area contributed by atoms with Crippen molar-refractivity contribution in [3.8, 4) is 0 Å². The molecule has 9 heteroatoms. The van der Waals surface area contributed by atoms with Crippen LogP contribution in [0.5, 0.6) is 0 Å². The first kappa shape index (κ1) is 29.5. The van der Waals surface area contributed by atoms with E-state index in [9.17, 15) is 14.7 Å². The van der Waals surface area contributed by atoms with Crippen molar-refractivity contribution in [1.82, 2.24) is 15.7 Å². The van der Waals surface area contributed by atoms with Gasteiger partial charge in [-0.05, 0) is 36.6 Å². The average Bonchev–Trinajstić information content (AvgIpc) is 2.94. The first-order chi connectivity index (χ1) is 18.4. The van der Waals surface area contributed by atoms with E-state index in [-0.39, 0.29) is 31.1 Å². The van der Waals surface area contributed by atoms with E-state index in [1.807, 2.05) is 61.7 Å². The molecular formula is C29H39N3O6. The summed E-state index contributed by atoms with van der Waals surface area (Å²) in [5.41, 5.74) is 5.34. The van der Waals surface area contributed by atoms with E-state index in [0.717, 1.165) is 35.3 Å². The molecule has 1 fully saturated rings. The number of nitrogens with one attached hydrogen (secondary N) is 2. The standard InChI is InChI=1S/C29H39N3O6/c1-3-16-32(2)19-25-17-26(23-12-10-22(20-33)11-13-23)38-29(37-25)24-14-8-21(9-15-24)18-30-27(34)6-4-5-7-28(35)31-36/h3,8-15,25-26,29,33,36H,1,4-7,16-20H2,2H3,(H,30,34)(H,31,35)/t25-,26+,29+/m1/s1. The molecule has 0 bridgehead atoms. The van der Waals surface area contributed by atoms with Crippen molar-refractivity contribution in [2.45, 2.75) is 63.8 Å². The van der Waals surface area contributed by atoms with Gasteiger partial charge < -0.3 is 24.8 Å². The number of hydrogen-bond donors (Lipinski definition) is 4. The number of unbranched alkanes of at least 4 members (excludes halogenated alkanes) is 1. The smallest absolute Gasteiger partial charge is 0.243 e. The summed E-state index contributed by atoms with van der Waals surface area (Å²) in [4.78, 5) is 25.3. The molecule has 0 saturated carbocycles. The molecule has 1 heterocycles. The number of nitrogens with zero attached hydrogens (tertiary/aromatic N) is 1. The van der Waals surface area contributed by atoms with Crippen molar-refractivity contribution in [2.24, 2.45) is 0 Å². The molecule has 3 rings (SSSR count). The van der Waals surface area contributed by atoms with E-state index in [1.165, 1.54) is 0 Å². The summed E-state index contributed by atoms with van der Waals surface area (Å²) < 4.78 is 12.7. The van der Waals surface area contributed by atoms with Crippen LogP contribution < -0.4 is 10.8 Å². The van der Waals surface area contributed by atoms with Crippen molar-refractivity contribution < 1.29 is 29.4 Å². The second-order valence-corrected chi connectivity index (χ2v) is 9.62. The molecule has 0 radical (unpaired) electrons. The number of carbonyl (C=O) groups excluding carboxylic acids is 2. The number of hydrogen-bond acceptors (Lipinski definition) is 7. The molecule has 1 aliphatic rings. The summed E-state index contributed by atoms with van der Waals surface area (Å²) in [7, 11) is 2.04. The highest BCUT2D eigenvalue weighted by atomic mass is 16.7. The highest BCUT2D eigenvalue weighted by molar-refractivity contribution is 5.76. The molecule has 1 aliphatic heterocycles. The zero-order valence-corrected chi connectivity index (χ0v) is 22.0. The molecule has 2 aromatic carbocycles. The minimum absolute atomic E-state index is 0.00265. The van der Waals surface area contributed by atoms with E-state index in [0.29, 0.717) is 32.2 Å². The Kier molecular flexibility index (Phi) is 11.9. The Morgan fingerprint density at radius 3 is 2.26 bits per heavy atom. The van der Waals surface area contributed by atoms with E-state index in [4.69, 9.17) is 14.7 Å². The SMILES string of the molecule is C=CCN(C)C[C@H]1C[C@@H](c2ccc(CO)cc2)O[C@@H](c2ccc(CNC(=O)CCCCC(=O)NO)cc2)O1. The van der Waals surface area contributed by atoms with Crippen LogP contribution in [0.25, 0.3) is 0 Å². The van der Waals surface area contributed by atoms with Gasteiger partial charge in [0.05, 0.1) is 18.8 Å². The lowest BCUT2D eigenvalue weighted by Crippen LogP contribution is -2.37. The normalized spacial score (nSPS) is 19.2. The topological polar surface area (TPSA) is 120 Å². The van der Waals surface area contributed by atoms with Crippen LogP contribution in [0.1, 0.15) is 66.8 Å². The van der Waals surface area contributed by atoms with Crippen LogP contribution in [0.15, 0.2) is 61.2 Å². The molecular weight excluding hydrogens is 486 g/mol. The van der Waals surface area contributed by atoms with Gasteiger partial charge in [-0.3, -0.25) is 14.8 Å². The fourth-order valence-electron chi connectivity index (χ4n) is 4.38. The molecule has 2 amide bonds. The molecule has 0 unspecified atom stereocenters. The maximum atomic E-state index is 12.1. The quantitative estimate of drug-likeness (QED) is 0.129. The van der Waals surface area contributed by atoms with Crippen LogP contribution in [0.4, 0.5) is 0 Å². The zero-order valence-electron chi connectivity index (χ0n) is 22.0. The molecule has 206 valence electrons. The van der Waals surface area contributed by atoms with Gasteiger partial charge in [-0.2, -0.15) is 0 Å². The predicted octanol–water partition coefficient (Wildman–Crippen LogP) is 3.52. The summed E-state index contributed by atoms with van der Waals surface area (Å²) in [6.07, 6.45) is 3.48. The van der Waals surface area contributed by atoms with Gasteiger partial charge in [0, 0.05) is 44.5 Å². The molecule has 0 spiro atoms. The number of hydroxylamine groups is 1. The maximum absolute atomic E-state index is 12.1. The molecule has 9 nitrogen and oxygen atoms in total.